The summed E-state index contributed by atoms with van der Waals surface area (Å²) in [5, 5.41) is 0. The van der Waals surface area contributed by atoms with Crippen molar-refractivity contribution in [1.29, 1.82) is 0 Å². The van der Waals surface area contributed by atoms with Gasteiger partial charge in [-0.2, -0.15) is 0 Å². The van der Waals surface area contributed by atoms with Crippen LogP contribution in [0, 0.1) is 0 Å². The quantitative estimate of drug-likeness (QED) is 0.0199. The van der Waals surface area contributed by atoms with Gasteiger partial charge in [-0.1, -0.05) is 272 Å². The van der Waals surface area contributed by atoms with Gasteiger partial charge in [0.1, 0.15) is 13.2 Å². The smallest absolute Gasteiger partial charge is 0.306 e. The molecule has 406 valence electrons. The highest BCUT2D eigenvalue weighted by atomic mass is 16.6. The van der Waals surface area contributed by atoms with Gasteiger partial charge in [0.15, 0.2) is 6.10 Å². The SMILES string of the molecule is CC\C=C/C=C\C=C/CCCCCCCCCC(=O)OCC(COC(=O)CCCCC/C=C\C/C=C\C/C=C\C/C=C\C/C=C\CC)OC(=O)CCCCCCCCCCCCCCCCCCCCC. The molecule has 0 rings (SSSR count). The molecule has 0 aliphatic carbocycles. The number of carbonyl (C=O) groups is 3. The Labute approximate surface area is 438 Å². The lowest BCUT2D eigenvalue weighted by Gasteiger charge is -2.18. The van der Waals surface area contributed by atoms with E-state index in [9.17, 15) is 14.4 Å². The molecule has 0 aromatic rings. The van der Waals surface area contributed by atoms with E-state index < -0.39 is 6.10 Å². The topological polar surface area (TPSA) is 78.9 Å². The molecule has 1 atom stereocenters. The Bertz CT molecular complexity index is 1410. The summed E-state index contributed by atoms with van der Waals surface area (Å²) in [6, 6.07) is 0. The van der Waals surface area contributed by atoms with Crippen molar-refractivity contribution in [1.82, 2.24) is 0 Å². The molecule has 0 saturated carbocycles. The minimum atomic E-state index is -0.796. The summed E-state index contributed by atoms with van der Waals surface area (Å²) in [4.78, 5) is 38.2. The molecule has 0 bridgehead atoms. The van der Waals surface area contributed by atoms with Gasteiger partial charge in [-0.3, -0.25) is 14.4 Å². The van der Waals surface area contributed by atoms with Crippen LogP contribution in [0.2, 0.25) is 0 Å². The van der Waals surface area contributed by atoms with Gasteiger partial charge in [0.25, 0.3) is 0 Å². The van der Waals surface area contributed by atoms with E-state index in [0.29, 0.717) is 19.3 Å². The monoisotopic (exact) mass is 987 g/mol. The zero-order chi connectivity index (χ0) is 51.4. The summed E-state index contributed by atoms with van der Waals surface area (Å²) in [7, 11) is 0. The Hall–Kier alpha value is -3.67. The predicted octanol–water partition coefficient (Wildman–Crippen LogP) is 20.1. The summed E-state index contributed by atoms with van der Waals surface area (Å²) in [6.07, 6.45) is 78.3. The maximum Gasteiger partial charge on any atom is 0.306 e. The zero-order valence-corrected chi connectivity index (χ0v) is 46.5. The van der Waals surface area contributed by atoms with E-state index in [1.54, 1.807) is 0 Å². The number of rotatable bonds is 53. The summed E-state index contributed by atoms with van der Waals surface area (Å²) in [6.45, 7) is 6.38. The highest BCUT2D eigenvalue weighted by Crippen LogP contribution is 2.16. The van der Waals surface area contributed by atoms with Gasteiger partial charge in [-0.15, -0.1) is 0 Å². The molecule has 0 spiro atoms. The van der Waals surface area contributed by atoms with Crippen molar-refractivity contribution in [2.24, 2.45) is 0 Å². The van der Waals surface area contributed by atoms with Crippen molar-refractivity contribution >= 4 is 17.9 Å². The molecule has 71 heavy (non-hydrogen) atoms. The van der Waals surface area contributed by atoms with E-state index in [1.807, 2.05) is 0 Å². The summed E-state index contributed by atoms with van der Waals surface area (Å²) in [5.41, 5.74) is 0. The molecular weight excluding hydrogens is 877 g/mol. The fourth-order valence-electron chi connectivity index (χ4n) is 8.23. The highest BCUT2D eigenvalue weighted by Gasteiger charge is 2.19. The van der Waals surface area contributed by atoms with Crippen LogP contribution < -0.4 is 0 Å². The van der Waals surface area contributed by atoms with E-state index in [4.69, 9.17) is 14.2 Å². The molecule has 0 amide bonds. The van der Waals surface area contributed by atoms with Gasteiger partial charge in [-0.05, 0) is 83.5 Å². The number of hydrogen-bond donors (Lipinski definition) is 0. The van der Waals surface area contributed by atoms with E-state index in [2.05, 4.69) is 118 Å². The number of carbonyl (C=O) groups excluding carboxylic acids is 3. The molecule has 0 heterocycles. The number of ether oxygens (including phenoxy) is 3. The molecule has 1 unspecified atom stereocenters. The van der Waals surface area contributed by atoms with E-state index in [-0.39, 0.29) is 31.1 Å². The standard InChI is InChI=1S/C65H110O6/c1-4-7-10-13-16-19-22-25-28-30-32-34-37-40-43-46-49-52-55-58-64(67)70-61-62(60-69-63(66)57-54-51-48-45-42-39-36-27-24-21-18-15-12-9-6-3)71-65(68)59-56-53-50-47-44-41-38-35-33-31-29-26-23-20-17-14-11-8-5-2/h7,9-10,12,15-16,18-19,21,24-25,28,32,34,40,43,62H,4-6,8,11,13-14,17,20,22-23,26-27,29-31,33,35-39,41-42,44-61H2,1-3H3/b10-7-,12-9-,18-15-,19-16-,24-21-,28-25-,34-32-,43-40-. The van der Waals surface area contributed by atoms with Crippen LogP contribution in [-0.4, -0.2) is 37.2 Å². The maximum absolute atomic E-state index is 12.9. The molecule has 0 radical (unpaired) electrons. The third-order valence-electron chi connectivity index (χ3n) is 12.6. The lowest BCUT2D eigenvalue weighted by molar-refractivity contribution is -0.167. The Kier molecular flexibility index (Phi) is 55.9. The lowest BCUT2D eigenvalue weighted by Crippen LogP contribution is -2.30. The van der Waals surface area contributed by atoms with Crippen LogP contribution in [0.3, 0.4) is 0 Å². The second kappa shape index (κ2) is 58.9. The Morgan fingerprint density at radius 2 is 0.620 bits per heavy atom. The van der Waals surface area contributed by atoms with Crippen molar-refractivity contribution < 1.29 is 28.6 Å². The first kappa shape index (κ1) is 67.3. The van der Waals surface area contributed by atoms with Crippen molar-refractivity contribution in [3.8, 4) is 0 Å². The van der Waals surface area contributed by atoms with Gasteiger partial charge in [0, 0.05) is 19.3 Å². The summed E-state index contributed by atoms with van der Waals surface area (Å²) < 4.78 is 16.9. The van der Waals surface area contributed by atoms with Crippen molar-refractivity contribution in [2.45, 2.75) is 284 Å². The number of unbranched alkanes of at least 4 members (excludes halogenated alkanes) is 28. The lowest BCUT2D eigenvalue weighted by atomic mass is 10.0. The molecule has 0 aromatic heterocycles. The second-order valence-corrected chi connectivity index (χ2v) is 19.6. The number of esters is 3. The largest absolute Gasteiger partial charge is 0.462 e. The molecule has 0 saturated heterocycles. The third kappa shape index (κ3) is 57.1. The van der Waals surface area contributed by atoms with Gasteiger partial charge < -0.3 is 14.2 Å². The minimum Gasteiger partial charge on any atom is -0.462 e. The van der Waals surface area contributed by atoms with E-state index in [0.717, 1.165) is 109 Å². The van der Waals surface area contributed by atoms with Crippen molar-refractivity contribution in [3.63, 3.8) is 0 Å². The van der Waals surface area contributed by atoms with Crippen LogP contribution >= 0.6 is 0 Å². The van der Waals surface area contributed by atoms with Crippen LogP contribution in [0.25, 0.3) is 0 Å². The molecule has 0 aliphatic heterocycles. The molecule has 0 fully saturated rings. The van der Waals surface area contributed by atoms with Crippen LogP contribution in [0.4, 0.5) is 0 Å². The molecule has 0 N–H and O–H groups in total. The second-order valence-electron chi connectivity index (χ2n) is 19.6. The Morgan fingerprint density at radius 1 is 0.310 bits per heavy atom. The fourth-order valence-corrected chi connectivity index (χ4v) is 8.23. The fraction of sp³-hybridized carbons (Fsp3) is 0.708. The number of hydrogen-bond acceptors (Lipinski definition) is 6. The van der Waals surface area contributed by atoms with Crippen LogP contribution in [0.1, 0.15) is 278 Å². The predicted molar refractivity (Wildman–Crippen MR) is 307 cm³/mol. The maximum atomic E-state index is 12.9. The van der Waals surface area contributed by atoms with Crippen molar-refractivity contribution in [2.75, 3.05) is 13.2 Å². The van der Waals surface area contributed by atoms with Crippen LogP contribution in [0.15, 0.2) is 97.2 Å². The summed E-state index contributed by atoms with van der Waals surface area (Å²) >= 11 is 0. The molecular formula is C65H110O6. The minimum absolute atomic E-state index is 0.0933. The zero-order valence-electron chi connectivity index (χ0n) is 46.5. The first-order valence-corrected chi connectivity index (χ1v) is 29.8. The molecule has 0 aromatic carbocycles. The third-order valence-corrected chi connectivity index (χ3v) is 12.6. The molecule has 0 aliphatic rings. The summed E-state index contributed by atoms with van der Waals surface area (Å²) in [5.74, 6) is -0.929. The first-order chi connectivity index (χ1) is 35.0. The number of allylic oxidation sites excluding steroid dienone is 16. The van der Waals surface area contributed by atoms with Crippen LogP contribution in [0.5, 0.6) is 0 Å². The average molecular weight is 988 g/mol. The molecule has 6 heteroatoms. The van der Waals surface area contributed by atoms with Gasteiger partial charge in [0.2, 0.25) is 0 Å². The van der Waals surface area contributed by atoms with Gasteiger partial charge in [-0.25, -0.2) is 0 Å². The van der Waals surface area contributed by atoms with Gasteiger partial charge in [0.05, 0.1) is 0 Å². The normalized spacial score (nSPS) is 12.8. The Balaban J connectivity index is 4.44. The van der Waals surface area contributed by atoms with Crippen molar-refractivity contribution in [3.05, 3.63) is 97.2 Å². The average Bonchev–Trinajstić information content (AvgIpc) is 3.37. The molecule has 6 nitrogen and oxygen atoms in total. The van der Waals surface area contributed by atoms with Crippen LogP contribution in [-0.2, 0) is 28.6 Å². The first-order valence-electron chi connectivity index (χ1n) is 29.8. The Morgan fingerprint density at radius 3 is 1.03 bits per heavy atom. The van der Waals surface area contributed by atoms with Gasteiger partial charge >= 0.3 is 17.9 Å². The highest BCUT2D eigenvalue weighted by molar-refractivity contribution is 5.71. The van der Waals surface area contributed by atoms with E-state index >= 15 is 0 Å². The van der Waals surface area contributed by atoms with E-state index in [1.165, 1.54) is 128 Å².